The number of hydrogen-bond donors (Lipinski definition) is 1. The molecule has 0 spiro atoms. The Balaban J connectivity index is 3.53. The molecule has 44 valence electrons. The summed E-state index contributed by atoms with van der Waals surface area (Å²) in [6.45, 7) is 1.44. The summed E-state index contributed by atoms with van der Waals surface area (Å²) in [5.41, 5.74) is 5.00. The molecule has 0 aliphatic carbocycles. The van der Waals surface area contributed by atoms with Gasteiger partial charge in [0, 0.05) is 0 Å². The number of nitrogens with zero attached hydrogens (tertiary/aromatic N) is 1. The van der Waals surface area contributed by atoms with E-state index >= 15 is 0 Å². The van der Waals surface area contributed by atoms with Gasteiger partial charge in [0.1, 0.15) is 6.04 Å². The molecule has 0 saturated heterocycles. The van der Waals surface area contributed by atoms with Crippen LogP contribution in [-0.4, -0.2) is 12.0 Å². The average molecular weight is 114 g/mol. The molecule has 4 heteroatoms. The number of nitrogens with two attached hydrogens (primary N) is 1. The van der Waals surface area contributed by atoms with E-state index in [1.165, 1.54) is 13.2 Å². The van der Waals surface area contributed by atoms with Crippen molar-refractivity contribution in [2.75, 3.05) is 0 Å². The lowest BCUT2D eigenvalue weighted by atomic mass is 10.4. The molecule has 8 heavy (non-hydrogen) atoms. The minimum Gasteiger partial charge on any atom is -0.350 e. The lowest BCUT2D eigenvalue weighted by molar-refractivity contribution is -0.138. The summed E-state index contributed by atoms with van der Waals surface area (Å²) in [7, 11) is 0. The highest BCUT2D eigenvalue weighted by Gasteiger charge is 2.06. The molecule has 0 fully saturated rings. The molecular formula is C4H6N2O2. The molecular weight excluding hydrogens is 108 g/mol. The molecule has 1 atom stereocenters. The first-order valence-corrected chi connectivity index (χ1v) is 2.04. The molecule has 0 amide bonds. The van der Waals surface area contributed by atoms with Crippen molar-refractivity contribution in [3.8, 4) is 6.26 Å². The van der Waals surface area contributed by atoms with Crippen LogP contribution in [-0.2, 0) is 9.53 Å². The van der Waals surface area contributed by atoms with Gasteiger partial charge < -0.3 is 10.5 Å². The number of esters is 1. The molecule has 4 nitrogen and oxygen atoms in total. The van der Waals surface area contributed by atoms with Crippen molar-refractivity contribution in [2.45, 2.75) is 13.0 Å². The van der Waals surface area contributed by atoms with Gasteiger partial charge in [-0.2, -0.15) is 0 Å². The lowest BCUT2D eigenvalue weighted by Gasteiger charge is -1.95. The lowest BCUT2D eigenvalue weighted by Crippen LogP contribution is -2.27. The van der Waals surface area contributed by atoms with Gasteiger partial charge in [0.25, 0.3) is 6.26 Å². The van der Waals surface area contributed by atoms with Crippen LogP contribution in [0.3, 0.4) is 0 Å². The first-order valence-electron chi connectivity index (χ1n) is 2.04. The van der Waals surface area contributed by atoms with Gasteiger partial charge in [0.05, 0.1) is 0 Å². The van der Waals surface area contributed by atoms with Crippen LogP contribution in [0.25, 0.3) is 0 Å². The Hall–Kier alpha value is -1.08. The zero-order valence-corrected chi connectivity index (χ0v) is 4.42. The normalized spacial score (nSPS) is 11.6. The van der Waals surface area contributed by atoms with E-state index in [0.717, 1.165) is 0 Å². The maximum Gasteiger partial charge on any atom is 0.338 e. The molecule has 0 aliphatic rings. The van der Waals surface area contributed by atoms with Crippen molar-refractivity contribution in [2.24, 2.45) is 5.73 Å². The van der Waals surface area contributed by atoms with Crippen molar-refractivity contribution in [1.29, 1.82) is 5.26 Å². The third-order valence-corrected chi connectivity index (χ3v) is 0.518. The second-order valence-corrected chi connectivity index (χ2v) is 1.30. The third-order valence-electron chi connectivity index (χ3n) is 0.518. The van der Waals surface area contributed by atoms with Crippen LogP contribution in [0.4, 0.5) is 0 Å². The van der Waals surface area contributed by atoms with Gasteiger partial charge in [0.15, 0.2) is 0 Å². The van der Waals surface area contributed by atoms with E-state index in [0.29, 0.717) is 0 Å². The third kappa shape index (κ3) is 2.16. The van der Waals surface area contributed by atoms with E-state index < -0.39 is 12.0 Å². The van der Waals surface area contributed by atoms with Crippen molar-refractivity contribution >= 4 is 5.97 Å². The monoisotopic (exact) mass is 114 g/mol. The van der Waals surface area contributed by atoms with Crippen LogP contribution in [0.5, 0.6) is 0 Å². The Bertz CT molecular complexity index is 124. The summed E-state index contributed by atoms with van der Waals surface area (Å²) in [5, 5.41) is 7.74. The van der Waals surface area contributed by atoms with E-state index in [9.17, 15) is 4.79 Å². The zero-order valence-electron chi connectivity index (χ0n) is 4.42. The largest absolute Gasteiger partial charge is 0.350 e. The predicted octanol–water partition coefficient (Wildman–Crippen LogP) is -0.642. The Kier molecular flexibility index (Phi) is 2.59. The van der Waals surface area contributed by atoms with Gasteiger partial charge >= 0.3 is 5.97 Å². The predicted molar refractivity (Wildman–Crippen MR) is 25.4 cm³/mol. The van der Waals surface area contributed by atoms with Crippen LogP contribution >= 0.6 is 0 Å². The summed E-state index contributed by atoms with van der Waals surface area (Å²) >= 11 is 0. The van der Waals surface area contributed by atoms with Crippen LogP contribution in [0.1, 0.15) is 6.92 Å². The SMILES string of the molecule is C[C@H](N)C(=O)OC#N. The van der Waals surface area contributed by atoms with Crippen LogP contribution in [0.2, 0.25) is 0 Å². The van der Waals surface area contributed by atoms with Gasteiger partial charge in [-0.1, -0.05) is 0 Å². The molecule has 0 radical (unpaired) electrons. The van der Waals surface area contributed by atoms with Gasteiger partial charge in [-0.25, -0.2) is 4.79 Å². The average Bonchev–Trinajstić information content (AvgIpc) is 1.67. The molecule has 0 rings (SSSR count). The molecule has 0 unspecified atom stereocenters. The Morgan fingerprint density at radius 3 is 2.62 bits per heavy atom. The van der Waals surface area contributed by atoms with E-state index in [2.05, 4.69) is 4.74 Å². The Morgan fingerprint density at radius 1 is 2.00 bits per heavy atom. The molecule has 0 aromatic heterocycles. The first kappa shape index (κ1) is 6.92. The summed E-state index contributed by atoms with van der Waals surface area (Å²) < 4.78 is 3.84. The summed E-state index contributed by atoms with van der Waals surface area (Å²) in [5.74, 6) is -0.701. The highest BCUT2D eigenvalue weighted by Crippen LogP contribution is 1.78. The Morgan fingerprint density at radius 2 is 2.50 bits per heavy atom. The topological polar surface area (TPSA) is 76.1 Å². The second kappa shape index (κ2) is 2.99. The molecule has 0 aromatic carbocycles. The quantitative estimate of drug-likeness (QED) is 0.363. The minimum atomic E-state index is -0.713. The first-order chi connectivity index (χ1) is 3.68. The van der Waals surface area contributed by atoms with E-state index in [1.54, 1.807) is 0 Å². The smallest absolute Gasteiger partial charge is 0.338 e. The maximum atomic E-state index is 10.2. The number of hydrogen-bond acceptors (Lipinski definition) is 4. The summed E-state index contributed by atoms with van der Waals surface area (Å²) in [6, 6.07) is -0.713. The Labute approximate surface area is 46.8 Å². The van der Waals surface area contributed by atoms with Crippen LogP contribution < -0.4 is 5.73 Å². The van der Waals surface area contributed by atoms with Gasteiger partial charge in [-0.15, -0.1) is 5.26 Å². The summed E-state index contributed by atoms with van der Waals surface area (Å²) in [4.78, 5) is 10.2. The molecule has 0 aliphatic heterocycles. The van der Waals surface area contributed by atoms with E-state index in [4.69, 9.17) is 11.0 Å². The standard InChI is InChI=1S/C4H6N2O2/c1-3(6)4(7)8-2-5/h3H,6H2,1H3/t3-/m0/s1. The second-order valence-electron chi connectivity index (χ2n) is 1.30. The zero-order chi connectivity index (χ0) is 6.57. The van der Waals surface area contributed by atoms with Gasteiger partial charge in [-0.3, -0.25) is 0 Å². The fourth-order valence-electron chi connectivity index (χ4n) is 0.138. The van der Waals surface area contributed by atoms with Gasteiger partial charge in [0.2, 0.25) is 0 Å². The maximum absolute atomic E-state index is 10.2. The van der Waals surface area contributed by atoms with Crippen molar-refractivity contribution in [1.82, 2.24) is 0 Å². The van der Waals surface area contributed by atoms with Crippen molar-refractivity contribution < 1.29 is 9.53 Å². The molecule has 2 N–H and O–H groups in total. The van der Waals surface area contributed by atoms with Crippen LogP contribution in [0, 0.1) is 11.5 Å². The van der Waals surface area contributed by atoms with Crippen molar-refractivity contribution in [3.05, 3.63) is 0 Å². The fourth-order valence-corrected chi connectivity index (χ4v) is 0.138. The number of carbonyl (C=O) groups excluding carboxylic acids is 1. The molecule has 0 aromatic rings. The molecule has 0 bridgehead atoms. The number of carbonyl (C=O) groups is 1. The highest BCUT2D eigenvalue weighted by molar-refractivity contribution is 5.75. The number of rotatable bonds is 1. The number of nitriles is 1. The molecule has 0 heterocycles. The van der Waals surface area contributed by atoms with E-state index in [-0.39, 0.29) is 0 Å². The van der Waals surface area contributed by atoms with E-state index in [1.807, 2.05) is 0 Å². The summed E-state index contributed by atoms with van der Waals surface area (Å²) in [6.07, 6.45) is 1.22. The fraction of sp³-hybridized carbons (Fsp3) is 0.500. The minimum absolute atomic E-state index is 0.701. The van der Waals surface area contributed by atoms with Crippen molar-refractivity contribution in [3.63, 3.8) is 0 Å². The molecule has 0 saturated carbocycles. The van der Waals surface area contributed by atoms with Crippen LogP contribution in [0.15, 0.2) is 0 Å². The highest BCUT2D eigenvalue weighted by atomic mass is 16.5. The van der Waals surface area contributed by atoms with Gasteiger partial charge in [-0.05, 0) is 6.92 Å². The number of ether oxygens (including phenoxy) is 1.